The number of likely N-dealkylation sites (tertiary alicyclic amines) is 1. The quantitative estimate of drug-likeness (QED) is 0.546. The van der Waals surface area contributed by atoms with Crippen LogP contribution in [-0.4, -0.2) is 35.2 Å². The first-order chi connectivity index (χ1) is 7.56. The average Bonchev–Trinajstić information content (AvgIpc) is 2.45. The van der Waals surface area contributed by atoms with Crippen molar-refractivity contribution in [3.8, 4) is 0 Å². The van der Waals surface area contributed by atoms with E-state index in [2.05, 4.69) is 12.2 Å². The van der Waals surface area contributed by atoms with Crippen molar-refractivity contribution in [1.29, 1.82) is 0 Å². The first-order valence-corrected chi connectivity index (χ1v) is 5.67. The number of hydrogen-bond acceptors (Lipinski definition) is 3. The molecule has 0 spiro atoms. The van der Waals surface area contributed by atoms with E-state index in [1.54, 1.807) is 0 Å². The van der Waals surface area contributed by atoms with Crippen molar-refractivity contribution in [3.05, 3.63) is 0 Å². The topological polar surface area (TPSA) is 66.5 Å². The van der Waals surface area contributed by atoms with Gasteiger partial charge in [-0.2, -0.15) is 0 Å². The number of carbonyl (C=O) groups is 3. The molecule has 1 atom stereocenters. The maximum absolute atomic E-state index is 11.7. The van der Waals surface area contributed by atoms with Crippen molar-refractivity contribution >= 4 is 17.7 Å². The lowest BCUT2D eigenvalue weighted by atomic mass is 10.2. The van der Waals surface area contributed by atoms with Crippen LogP contribution in [0, 0.1) is 0 Å². The molecule has 1 unspecified atom stereocenters. The van der Waals surface area contributed by atoms with Crippen molar-refractivity contribution in [2.75, 3.05) is 6.54 Å². The van der Waals surface area contributed by atoms with E-state index in [0.29, 0.717) is 6.54 Å². The predicted octanol–water partition coefficient (Wildman–Crippen LogP) is 0.440. The van der Waals surface area contributed by atoms with E-state index in [4.69, 9.17) is 0 Å². The maximum atomic E-state index is 11.7. The first kappa shape index (κ1) is 12.7. The molecule has 1 saturated heterocycles. The van der Waals surface area contributed by atoms with Crippen molar-refractivity contribution in [2.24, 2.45) is 0 Å². The zero-order valence-corrected chi connectivity index (χ0v) is 9.78. The Morgan fingerprint density at radius 2 is 2.12 bits per heavy atom. The van der Waals surface area contributed by atoms with Crippen LogP contribution in [0.4, 0.5) is 0 Å². The van der Waals surface area contributed by atoms with E-state index < -0.39 is 6.04 Å². The highest BCUT2D eigenvalue weighted by atomic mass is 16.2. The number of imide groups is 1. The van der Waals surface area contributed by atoms with Gasteiger partial charge in [-0.25, -0.2) is 0 Å². The van der Waals surface area contributed by atoms with E-state index in [1.807, 2.05) is 0 Å². The normalized spacial score (nSPS) is 20.4. The molecule has 5 nitrogen and oxygen atoms in total. The van der Waals surface area contributed by atoms with E-state index in [-0.39, 0.29) is 24.1 Å². The Morgan fingerprint density at radius 1 is 1.44 bits per heavy atom. The van der Waals surface area contributed by atoms with Crippen LogP contribution >= 0.6 is 0 Å². The van der Waals surface area contributed by atoms with Crippen LogP contribution in [0.5, 0.6) is 0 Å². The molecule has 0 aromatic heterocycles. The summed E-state index contributed by atoms with van der Waals surface area (Å²) in [5.41, 5.74) is 0. The molecule has 0 aromatic rings. The molecule has 0 radical (unpaired) electrons. The Morgan fingerprint density at radius 3 is 2.69 bits per heavy atom. The zero-order valence-electron chi connectivity index (χ0n) is 9.78. The number of nitrogens with zero attached hydrogens (tertiary/aromatic N) is 1. The highest BCUT2D eigenvalue weighted by molar-refractivity contribution is 6.06. The fourth-order valence-corrected chi connectivity index (χ4v) is 1.80. The standard InChI is InChI=1S/C11H18N2O3/c1-3-4-5-6-13-10(15)7-9(11(13)16)12-8(2)14/h9H,3-7H2,1-2H3,(H,12,14). The molecule has 0 aromatic carbocycles. The fourth-order valence-electron chi connectivity index (χ4n) is 1.80. The van der Waals surface area contributed by atoms with Gasteiger partial charge in [0.25, 0.3) is 5.91 Å². The largest absolute Gasteiger partial charge is 0.344 e. The zero-order chi connectivity index (χ0) is 12.1. The Kier molecular flexibility index (Phi) is 4.46. The molecule has 0 aliphatic carbocycles. The van der Waals surface area contributed by atoms with Crippen molar-refractivity contribution < 1.29 is 14.4 Å². The monoisotopic (exact) mass is 226 g/mol. The van der Waals surface area contributed by atoms with Crippen LogP contribution in [0.2, 0.25) is 0 Å². The van der Waals surface area contributed by atoms with Crippen LogP contribution in [-0.2, 0) is 14.4 Å². The Bertz CT molecular complexity index is 302. The van der Waals surface area contributed by atoms with Gasteiger partial charge < -0.3 is 5.32 Å². The van der Waals surface area contributed by atoms with Crippen LogP contribution in [0.25, 0.3) is 0 Å². The molecule has 0 bridgehead atoms. The van der Waals surface area contributed by atoms with Crippen LogP contribution in [0.3, 0.4) is 0 Å². The van der Waals surface area contributed by atoms with Gasteiger partial charge >= 0.3 is 0 Å². The summed E-state index contributed by atoms with van der Waals surface area (Å²) in [6, 6.07) is -0.647. The molecule has 16 heavy (non-hydrogen) atoms. The summed E-state index contributed by atoms with van der Waals surface area (Å²) in [6.45, 7) is 3.88. The molecule has 1 aliphatic heterocycles. The van der Waals surface area contributed by atoms with Crippen molar-refractivity contribution in [3.63, 3.8) is 0 Å². The minimum absolute atomic E-state index is 0.102. The Labute approximate surface area is 95.2 Å². The number of carbonyl (C=O) groups excluding carboxylic acids is 3. The summed E-state index contributed by atoms with van der Waals surface area (Å²) in [5.74, 6) is -0.724. The van der Waals surface area contributed by atoms with E-state index in [1.165, 1.54) is 11.8 Å². The number of rotatable bonds is 5. The molecule has 90 valence electrons. The third-order valence-corrected chi connectivity index (χ3v) is 2.61. The Hall–Kier alpha value is -1.39. The second kappa shape index (κ2) is 5.63. The van der Waals surface area contributed by atoms with Crippen LogP contribution < -0.4 is 5.32 Å². The van der Waals surface area contributed by atoms with Gasteiger partial charge in [0.15, 0.2) is 0 Å². The number of hydrogen-bond donors (Lipinski definition) is 1. The summed E-state index contributed by atoms with van der Waals surface area (Å²) in [7, 11) is 0. The number of unbranched alkanes of at least 4 members (excludes halogenated alkanes) is 2. The lowest BCUT2D eigenvalue weighted by Gasteiger charge is -2.14. The molecule has 3 amide bonds. The van der Waals surface area contributed by atoms with Crippen LogP contribution in [0.15, 0.2) is 0 Å². The van der Waals surface area contributed by atoms with E-state index >= 15 is 0 Å². The van der Waals surface area contributed by atoms with Gasteiger partial charge in [-0.3, -0.25) is 19.3 Å². The molecule has 1 aliphatic rings. The highest BCUT2D eigenvalue weighted by Crippen LogP contribution is 2.14. The third kappa shape index (κ3) is 3.05. The molecule has 5 heteroatoms. The van der Waals surface area contributed by atoms with Gasteiger partial charge in [-0.05, 0) is 6.42 Å². The summed E-state index contributed by atoms with van der Waals surface area (Å²) < 4.78 is 0. The third-order valence-electron chi connectivity index (χ3n) is 2.61. The molecular weight excluding hydrogens is 208 g/mol. The fraction of sp³-hybridized carbons (Fsp3) is 0.727. The SMILES string of the molecule is CCCCCN1C(=O)CC(NC(C)=O)C1=O. The van der Waals surface area contributed by atoms with Gasteiger partial charge in [-0.1, -0.05) is 19.8 Å². The number of amides is 3. The molecule has 1 N–H and O–H groups in total. The molecule has 1 heterocycles. The van der Waals surface area contributed by atoms with Crippen LogP contribution in [0.1, 0.15) is 39.5 Å². The molecule has 1 fully saturated rings. The maximum Gasteiger partial charge on any atom is 0.252 e. The van der Waals surface area contributed by atoms with E-state index in [0.717, 1.165) is 19.3 Å². The second-order valence-corrected chi connectivity index (χ2v) is 4.05. The summed E-state index contributed by atoms with van der Waals surface area (Å²) in [6.07, 6.45) is 2.98. The second-order valence-electron chi connectivity index (χ2n) is 4.05. The summed E-state index contributed by atoms with van der Waals surface area (Å²) in [4.78, 5) is 35.3. The molecule has 0 saturated carbocycles. The molecular formula is C11H18N2O3. The average molecular weight is 226 g/mol. The van der Waals surface area contributed by atoms with Gasteiger partial charge in [0.2, 0.25) is 11.8 Å². The number of nitrogens with one attached hydrogen (secondary N) is 1. The highest BCUT2D eigenvalue weighted by Gasteiger charge is 2.38. The van der Waals surface area contributed by atoms with E-state index in [9.17, 15) is 14.4 Å². The minimum Gasteiger partial charge on any atom is -0.344 e. The predicted molar refractivity (Wildman–Crippen MR) is 58.5 cm³/mol. The van der Waals surface area contributed by atoms with Gasteiger partial charge in [0.05, 0.1) is 6.42 Å². The summed E-state index contributed by atoms with van der Waals surface area (Å²) >= 11 is 0. The lowest BCUT2D eigenvalue weighted by Crippen LogP contribution is -2.41. The lowest BCUT2D eigenvalue weighted by molar-refractivity contribution is -0.139. The van der Waals surface area contributed by atoms with Gasteiger partial charge in [0, 0.05) is 13.5 Å². The van der Waals surface area contributed by atoms with Crippen molar-refractivity contribution in [1.82, 2.24) is 10.2 Å². The van der Waals surface area contributed by atoms with Gasteiger partial charge in [0.1, 0.15) is 6.04 Å². The van der Waals surface area contributed by atoms with Gasteiger partial charge in [-0.15, -0.1) is 0 Å². The Balaban J connectivity index is 2.50. The van der Waals surface area contributed by atoms with Crippen molar-refractivity contribution in [2.45, 2.75) is 45.6 Å². The smallest absolute Gasteiger partial charge is 0.252 e. The minimum atomic E-state index is -0.647. The summed E-state index contributed by atoms with van der Waals surface area (Å²) in [5, 5.41) is 2.49. The first-order valence-electron chi connectivity index (χ1n) is 5.67. The molecule has 1 rings (SSSR count).